The van der Waals surface area contributed by atoms with E-state index in [9.17, 15) is 0 Å². The molecule has 0 atom stereocenters. The Hall–Kier alpha value is -3.20. The number of aryl methyl sites for hydroxylation is 1. The molecule has 1 heterocycles. The smallest absolute Gasteiger partial charge is 0.0640 e. The molecule has 1 aliphatic rings. The monoisotopic (exact) mass is 341 g/mol. The summed E-state index contributed by atoms with van der Waals surface area (Å²) >= 11 is 0. The number of para-hydroxylation sites is 1. The maximum atomic E-state index is 6.33. The summed E-state index contributed by atoms with van der Waals surface area (Å²) in [5.41, 5.74) is 13.9. The summed E-state index contributed by atoms with van der Waals surface area (Å²) in [5, 5.41) is 3.50. The van der Waals surface area contributed by atoms with Crippen molar-refractivity contribution in [3.8, 4) is 11.1 Å². The molecule has 1 aliphatic heterocycles. The second kappa shape index (κ2) is 6.96. The van der Waals surface area contributed by atoms with Crippen LogP contribution in [0.3, 0.4) is 0 Å². The van der Waals surface area contributed by atoms with Crippen LogP contribution in [0.1, 0.15) is 12.0 Å². The van der Waals surface area contributed by atoms with Crippen LogP contribution < -0.4 is 16.0 Å². The molecular formula is C23H23N3. The van der Waals surface area contributed by atoms with E-state index < -0.39 is 0 Å². The molecule has 130 valence electrons. The molecule has 3 aromatic carbocycles. The van der Waals surface area contributed by atoms with Gasteiger partial charge in [-0.05, 0) is 60.4 Å². The van der Waals surface area contributed by atoms with Gasteiger partial charge in [0.15, 0.2) is 0 Å². The van der Waals surface area contributed by atoms with Crippen LogP contribution in [0.15, 0.2) is 79.0 Å². The Kier molecular flexibility index (Phi) is 4.36. The summed E-state index contributed by atoms with van der Waals surface area (Å²) in [7, 11) is 0. The predicted molar refractivity (Wildman–Crippen MR) is 112 cm³/mol. The Bertz CT molecular complexity index is 959. The lowest BCUT2D eigenvalue weighted by Crippen LogP contribution is -2.13. The molecule has 0 spiro atoms. The fraction of sp³-hybridized carbons (Fsp3) is 0.130. The Labute approximate surface area is 154 Å². The van der Waals surface area contributed by atoms with Gasteiger partial charge in [-0.3, -0.25) is 0 Å². The van der Waals surface area contributed by atoms with E-state index in [1.807, 2.05) is 6.07 Å². The van der Waals surface area contributed by atoms with E-state index in [0.29, 0.717) is 0 Å². The highest BCUT2D eigenvalue weighted by Crippen LogP contribution is 2.32. The molecule has 0 unspecified atom stereocenters. The number of anilines is 4. The maximum Gasteiger partial charge on any atom is 0.0640 e. The minimum absolute atomic E-state index is 0.811. The van der Waals surface area contributed by atoms with Crippen molar-refractivity contribution in [2.75, 3.05) is 22.5 Å². The molecule has 3 aromatic rings. The third kappa shape index (κ3) is 3.29. The Morgan fingerprint density at radius 2 is 1.77 bits per heavy atom. The molecule has 0 amide bonds. The molecule has 0 bridgehead atoms. The topological polar surface area (TPSA) is 41.3 Å². The van der Waals surface area contributed by atoms with Gasteiger partial charge in [0.05, 0.1) is 11.4 Å². The van der Waals surface area contributed by atoms with Gasteiger partial charge in [-0.1, -0.05) is 42.5 Å². The average Bonchev–Trinajstić information content (AvgIpc) is 3.18. The van der Waals surface area contributed by atoms with Crippen LogP contribution in [0.5, 0.6) is 0 Å². The second-order valence-electron chi connectivity index (χ2n) is 6.66. The quantitative estimate of drug-likeness (QED) is 0.597. The summed E-state index contributed by atoms with van der Waals surface area (Å²) in [6.07, 6.45) is 5.36. The second-order valence-corrected chi connectivity index (χ2v) is 6.66. The summed E-state index contributed by atoms with van der Waals surface area (Å²) in [4.78, 5) is 2.20. The minimum atomic E-state index is 0.811. The van der Waals surface area contributed by atoms with Crippen molar-refractivity contribution in [3.63, 3.8) is 0 Å². The zero-order valence-electron chi connectivity index (χ0n) is 14.9. The van der Waals surface area contributed by atoms with Gasteiger partial charge in [0.2, 0.25) is 0 Å². The average molecular weight is 341 g/mol. The number of nitrogens with two attached hydrogens (primary N) is 1. The van der Waals surface area contributed by atoms with Crippen LogP contribution in [0.2, 0.25) is 0 Å². The number of nitrogens with zero attached hydrogens (tertiary/aromatic N) is 1. The van der Waals surface area contributed by atoms with Crippen molar-refractivity contribution >= 4 is 22.7 Å². The van der Waals surface area contributed by atoms with Crippen LogP contribution in [0, 0.1) is 6.92 Å². The zero-order valence-corrected chi connectivity index (χ0v) is 14.9. The standard InChI is InChI=1S/C23H23N3/c1-17-7-2-3-10-22(17)25-20-9-6-8-18(15-20)19-11-12-23(21(24)16-19)26-13-4-5-14-26/h2-4,6-13,15-16,25H,5,14,24H2,1H3. The number of nitrogens with one attached hydrogen (secondary N) is 1. The third-order valence-corrected chi connectivity index (χ3v) is 4.78. The zero-order chi connectivity index (χ0) is 17.9. The summed E-state index contributed by atoms with van der Waals surface area (Å²) < 4.78 is 0. The molecule has 0 aromatic heterocycles. The van der Waals surface area contributed by atoms with Crippen LogP contribution >= 0.6 is 0 Å². The summed E-state index contributed by atoms with van der Waals surface area (Å²) in [5.74, 6) is 0. The van der Waals surface area contributed by atoms with Crippen LogP contribution in [0.25, 0.3) is 11.1 Å². The predicted octanol–water partition coefficient (Wildman–Crippen LogP) is 5.71. The molecule has 26 heavy (non-hydrogen) atoms. The fourth-order valence-electron chi connectivity index (χ4n) is 3.33. The van der Waals surface area contributed by atoms with E-state index in [4.69, 9.17) is 5.73 Å². The molecule has 3 N–H and O–H groups in total. The number of benzene rings is 3. The van der Waals surface area contributed by atoms with Crippen molar-refractivity contribution < 1.29 is 0 Å². The Balaban J connectivity index is 1.61. The number of rotatable bonds is 4. The van der Waals surface area contributed by atoms with E-state index >= 15 is 0 Å². The lowest BCUT2D eigenvalue weighted by molar-refractivity contribution is 1.00. The lowest BCUT2D eigenvalue weighted by atomic mass is 10.0. The van der Waals surface area contributed by atoms with Gasteiger partial charge in [-0.15, -0.1) is 0 Å². The molecule has 0 aliphatic carbocycles. The number of nitrogen functional groups attached to an aromatic ring is 1. The number of hydrogen-bond acceptors (Lipinski definition) is 3. The molecular weight excluding hydrogens is 318 g/mol. The van der Waals surface area contributed by atoms with E-state index in [2.05, 4.69) is 90.1 Å². The molecule has 3 heteroatoms. The molecule has 0 radical (unpaired) electrons. The molecule has 0 saturated heterocycles. The van der Waals surface area contributed by atoms with Gasteiger partial charge < -0.3 is 16.0 Å². The molecule has 0 saturated carbocycles. The first-order valence-electron chi connectivity index (χ1n) is 8.97. The van der Waals surface area contributed by atoms with Gasteiger partial charge in [-0.25, -0.2) is 0 Å². The molecule has 3 nitrogen and oxygen atoms in total. The van der Waals surface area contributed by atoms with Crippen LogP contribution in [-0.4, -0.2) is 6.54 Å². The first-order valence-corrected chi connectivity index (χ1v) is 8.97. The summed E-state index contributed by atoms with van der Waals surface area (Å²) in [6, 6.07) is 23.1. The Morgan fingerprint density at radius 1 is 0.923 bits per heavy atom. The molecule has 0 fully saturated rings. The normalized spacial score (nSPS) is 13.2. The van der Waals surface area contributed by atoms with E-state index in [1.165, 1.54) is 5.56 Å². The lowest BCUT2D eigenvalue weighted by Gasteiger charge is -2.18. The maximum absolute atomic E-state index is 6.33. The van der Waals surface area contributed by atoms with E-state index in [0.717, 1.165) is 46.8 Å². The van der Waals surface area contributed by atoms with Gasteiger partial charge in [0.25, 0.3) is 0 Å². The Morgan fingerprint density at radius 3 is 2.54 bits per heavy atom. The van der Waals surface area contributed by atoms with Gasteiger partial charge in [0.1, 0.15) is 0 Å². The van der Waals surface area contributed by atoms with Gasteiger partial charge in [0, 0.05) is 24.1 Å². The van der Waals surface area contributed by atoms with Crippen LogP contribution in [-0.2, 0) is 0 Å². The molecule has 4 rings (SSSR count). The number of hydrogen-bond donors (Lipinski definition) is 2. The minimum Gasteiger partial charge on any atom is -0.397 e. The van der Waals surface area contributed by atoms with Crippen molar-refractivity contribution in [1.82, 2.24) is 0 Å². The van der Waals surface area contributed by atoms with Crippen molar-refractivity contribution in [2.45, 2.75) is 13.3 Å². The highest BCUT2D eigenvalue weighted by molar-refractivity contribution is 5.79. The van der Waals surface area contributed by atoms with E-state index in [1.54, 1.807) is 0 Å². The SMILES string of the molecule is Cc1ccccc1Nc1cccc(-c2ccc(N3C=CCC3)c(N)c2)c1. The largest absolute Gasteiger partial charge is 0.397 e. The third-order valence-electron chi connectivity index (χ3n) is 4.78. The van der Waals surface area contributed by atoms with Crippen molar-refractivity contribution in [2.24, 2.45) is 0 Å². The van der Waals surface area contributed by atoms with Gasteiger partial charge in [-0.2, -0.15) is 0 Å². The first kappa shape index (κ1) is 16.3. The highest BCUT2D eigenvalue weighted by atomic mass is 15.1. The van der Waals surface area contributed by atoms with Crippen molar-refractivity contribution in [3.05, 3.63) is 84.6 Å². The van der Waals surface area contributed by atoms with Crippen molar-refractivity contribution in [1.29, 1.82) is 0 Å². The first-order chi connectivity index (χ1) is 12.7. The highest BCUT2D eigenvalue weighted by Gasteiger charge is 2.11. The van der Waals surface area contributed by atoms with Crippen LogP contribution in [0.4, 0.5) is 22.7 Å². The fourth-order valence-corrected chi connectivity index (χ4v) is 3.33. The summed E-state index contributed by atoms with van der Waals surface area (Å²) in [6.45, 7) is 3.11. The van der Waals surface area contributed by atoms with Gasteiger partial charge >= 0.3 is 0 Å². The van der Waals surface area contributed by atoms with E-state index in [-0.39, 0.29) is 0 Å².